The highest BCUT2D eigenvalue weighted by atomic mass is 32.2. The monoisotopic (exact) mass is 422 g/mol. The van der Waals surface area contributed by atoms with Crippen molar-refractivity contribution in [2.75, 3.05) is 18.0 Å². The van der Waals surface area contributed by atoms with E-state index in [9.17, 15) is 0 Å². The minimum Gasteiger partial charge on any atom is -0.372 e. The number of rotatable bonds is 8. The average molecular weight is 423 g/mol. The molecule has 2 aromatic rings. The van der Waals surface area contributed by atoms with Crippen molar-refractivity contribution in [3.05, 3.63) is 59.2 Å². The average Bonchev–Trinajstić information content (AvgIpc) is 3.27. The molecule has 1 aliphatic carbocycles. The lowest BCUT2D eigenvalue weighted by Gasteiger charge is -2.32. The molecule has 30 heavy (non-hydrogen) atoms. The third-order valence-electron chi connectivity index (χ3n) is 6.58. The lowest BCUT2D eigenvalue weighted by Crippen LogP contribution is -2.29. The molecule has 162 valence electrons. The molecule has 1 fully saturated rings. The van der Waals surface area contributed by atoms with Crippen LogP contribution in [0, 0.1) is 5.92 Å². The molecule has 0 amide bonds. The van der Waals surface area contributed by atoms with Crippen LogP contribution < -0.4 is 4.90 Å². The molecule has 1 saturated carbocycles. The molecule has 3 heteroatoms. The largest absolute Gasteiger partial charge is 0.372 e. The minimum atomic E-state index is 0.701. The Morgan fingerprint density at radius 1 is 1.03 bits per heavy atom. The number of hydrogen-bond acceptors (Lipinski definition) is 3. The van der Waals surface area contributed by atoms with E-state index in [4.69, 9.17) is 0 Å². The number of aryl methyl sites for hydroxylation is 1. The SMILES string of the molecule is CCN1CCCc2cc(CN(Sc3cccc(CC(C)C)c3)C3CCCC3)ccc21. The molecule has 0 saturated heterocycles. The molecule has 2 nitrogen and oxygen atoms in total. The number of hydrogen-bond donors (Lipinski definition) is 0. The summed E-state index contributed by atoms with van der Waals surface area (Å²) in [6.07, 6.45) is 9.12. The van der Waals surface area contributed by atoms with Gasteiger partial charge in [-0.15, -0.1) is 0 Å². The number of benzene rings is 2. The first-order valence-electron chi connectivity index (χ1n) is 12.0. The van der Waals surface area contributed by atoms with Gasteiger partial charge in [0.15, 0.2) is 0 Å². The minimum absolute atomic E-state index is 0.701. The highest BCUT2D eigenvalue weighted by Crippen LogP contribution is 2.36. The normalized spacial score (nSPS) is 17.2. The van der Waals surface area contributed by atoms with Crippen LogP contribution >= 0.6 is 11.9 Å². The van der Waals surface area contributed by atoms with Crippen molar-refractivity contribution in [2.24, 2.45) is 5.92 Å². The van der Waals surface area contributed by atoms with E-state index in [0.717, 1.165) is 19.5 Å². The summed E-state index contributed by atoms with van der Waals surface area (Å²) in [4.78, 5) is 3.93. The second-order valence-electron chi connectivity index (χ2n) is 9.50. The van der Waals surface area contributed by atoms with Gasteiger partial charge in [0.05, 0.1) is 0 Å². The van der Waals surface area contributed by atoms with Crippen molar-refractivity contribution in [2.45, 2.75) is 83.2 Å². The Kier molecular flexibility index (Phi) is 7.43. The Morgan fingerprint density at radius 2 is 1.87 bits per heavy atom. The molecule has 0 N–H and O–H groups in total. The second kappa shape index (κ2) is 10.2. The molecule has 1 heterocycles. The zero-order valence-corrected chi connectivity index (χ0v) is 19.9. The first-order valence-corrected chi connectivity index (χ1v) is 12.8. The molecule has 0 bridgehead atoms. The Hall–Kier alpha value is -1.45. The Balaban J connectivity index is 1.52. The number of fused-ring (bicyclic) bond motifs is 1. The Bertz CT molecular complexity index is 825. The Labute approximate surface area is 188 Å². The standard InChI is InChI=1S/C27H38N2S/c1-4-28-16-8-10-24-18-23(14-15-27(24)28)20-29(25-11-5-6-12-25)30-26-13-7-9-22(19-26)17-21(2)3/h7,9,13-15,18-19,21,25H,4-6,8,10-12,16-17,20H2,1-3H3. The second-order valence-corrected chi connectivity index (χ2v) is 10.6. The van der Waals surface area contributed by atoms with E-state index in [1.54, 1.807) is 5.56 Å². The summed E-state index contributed by atoms with van der Waals surface area (Å²) in [6.45, 7) is 10.3. The first-order chi connectivity index (χ1) is 14.6. The van der Waals surface area contributed by atoms with Crippen LogP contribution in [0.2, 0.25) is 0 Å². The molecule has 2 aliphatic rings. The molecular formula is C27H38N2S. The molecule has 0 spiro atoms. The van der Waals surface area contributed by atoms with Crippen LogP contribution in [-0.2, 0) is 19.4 Å². The molecule has 4 rings (SSSR count). The number of anilines is 1. The number of nitrogens with zero attached hydrogens (tertiary/aromatic N) is 2. The van der Waals surface area contributed by atoms with E-state index in [1.807, 2.05) is 11.9 Å². The van der Waals surface area contributed by atoms with Crippen LogP contribution in [0.4, 0.5) is 5.69 Å². The summed E-state index contributed by atoms with van der Waals surface area (Å²) in [5, 5.41) is 0. The lowest BCUT2D eigenvalue weighted by atomic mass is 9.99. The van der Waals surface area contributed by atoms with Crippen LogP contribution in [0.5, 0.6) is 0 Å². The van der Waals surface area contributed by atoms with Crippen molar-refractivity contribution >= 4 is 17.6 Å². The fraction of sp³-hybridized carbons (Fsp3) is 0.556. The van der Waals surface area contributed by atoms with E-state index >= 15 is 0 Å². The predicted molar refractivity (Wildman–Crippen MR) is 131 cm³/mol. The van der Waals surface area contributed by atoms with Gasteiger partial charge in [0.25, 0.3) is 0 Å². The lowest BCUT2D eigenvalue weighted by molar-refractivity contribution is 0.350. The summed E-state index contributed by atoms with van der Waals surface area (Å²) in [5.41, 5.74) is 5.96. The quantitative estimate of drug-likeness (QED) is 0.419. The van der Waals surface area contributed by atoms with Crippen LogP contribution in [0.15, 0.2) is 47.4 Å². The maximum absolute atomic E-state index is 2.68. The molecule has 0 atom stereocenters. The maximum atomic E-state index is 2.68. The zero-order chi connectivity index (χ0) is 20.9. The Morgan fingerprint density at radius 3 is 2.63 bits per heavy atom. The third-order valence-corrected chi connectivity index (χ3v) is 7.70. The fourth-order valence-electron chi connectivity index (χ4n) is 5.10. The fourth-order valence-corrected chi connectivity index (χ4v) is 6.29. The van der Waals surface area contributed by atoms with Crippen LogP contribution in [0.25, 0.3) is 0 Å². The van der Waals surface area contributed by atoms with Gasteiger partial charge < -0.3 is 4.90 Å². The molecular weight excluding hydrogens is 384 g/mol. The topological polar surface area (TPSA) is 6.48 Å². The molecule has 1 aliphatic heterocycles. The van der Waals surface area contributed by atoms with Crippen molar-refractivity contribution in [1.29, 1.82) is 0 Å². The summed E-state index contributed by atoms with van der Waals surface area (Å²) < 4.78 is 2.68. The first kappa shape index (κ1) is 21.8. The van der Waals surface area contributed by atoms with Crippen molar-refractivity contribution in [3.8, 4) is 0 Å². The maximum Gasteiger partial charge on any atom is 0.0398 e. The van der Waals surface area contributed by atoms with E-state index in [2.05, 4.69) is 72.4 Å². The molecule has 2 aromatic carbocycles. The summed E-state index contributed by atoms with van der Waals surface area (Å²) in [6, 6.07) is 17.2. The van der Waals surface area contributed by atoms with Crippen molar-refractivity contribution < 1.29 is 0 Å². The van der Waals surface area contributed by atoms with E-state index < -0.39 is 0 Å². The van der Waals surface area contributed by atoms with Crippen molar-refractivity contribution in [1.82, 2.24) is 4.31 Å². The zero-order valence-electron chi connectivity index (χ0n) is 19.1. The highest BCUT2D eigenvalue weighted by molar-refractivity contribution is 7.97. The molecule has 0 radical (unpaired) electrons. The van der Waals surface area contributed by atoms with Gasteiger partial charge in [0.1, 0.15) is 0 Å². The van der Waals surface area contributed by atoms with Gasteiger partial charge >= 0.3 is 0 Å². The van der Waals surface area contributed by atoms with Crippen LogP contribution in [-0.4, -0.2) is 23.4 Å². The summed E-state index contributed by atoms with van der Waals surface area (Å²) in [7, 11) is 0. The van der Waals surface area contributed by atoms with E-state index in [0.29, 0.717) is 12.0 Å². The summed E-state index contributed by atoms with van der Waals surface area (Å²) >= 11 is 1.99. The van der Waals surface area contributed by atoms with Gasteiger partial charge in [-0.25, -0.2) is 4.31 Å². The predicted octanol–water partition coefficient (Wildman–Crippen LogP) is 7.11. The molecule has 0 aromatic heterocycles. The van der Waals surface area contributed by atoms with Gasteiger partial charge in [-0.2, -0.15) is 0 Å². The van der Waals surface area contributed by atoms with Crippen molar-refractivity contribution in [3.63, 3.8) is 0 Å². The summed E-state index contributed by atoms with van der Waals surface area (Å²) in [5.74, 6) is 0.703. The van der Waals surface area contributed by atoms with E-state index in [-0.39, 0.29) is 0 Å². The van der Waals surface area contributed by atoms with Gasteiger partial charge in [-0.1, -0.05) is 51.0 Å². The van der Waals surface area contributed by atoms with E-state index in [1.165, 1.54) is 66.8 Å². The van der Waals surface area contributed by atoms with Gasteiger partial charge in [0, 0.05) is 36.3 Å². The third kappa shape index (κ3) is 5.42. The van der Waals surface area contributed by atoms with Crippen LogP contribution in [0.1, 0.15) is 69.6 Å². The molecule has 0 unspecified atom stereocenters. The van der Waals surface area contributed by atoms with Gasteiger partial charge in [-0.05, 0) is 91.8 Å². The highest BCUT2D eigenvalue weighted by Gasteiger charge is 2.25. The van der Waals surface area contributed by atoms with Gasteiger partial charge in [-0.3, -0.25) is 0 Å². The smallest absolute Gasteiger partial charge is 0.0398 e. The van der Waals surface area contributed by atoms with Gasteiger partial charge in [0.2, 0.25) is 0 Å². The van der Waals surface area contributed by atoms with Crippen LogP contribution in [0.3, 0.4) is 0 Å².